The van der Waals surface area contributed by atoms with Gasteiger partial charge in [-0.25, -0.2) is 9.78 Å². The van der Waals surface area contributed by atoms with E-state index < -0.39 is 29.9 Å². The zero-order chi connectivity index (χ0) is 22.5. The highest BCUT2D eigenvalue weighted by molar-refractivity contribution is 5.81. The lowest BCUT2D eigenvalue weighted by molar-refractivity contribution is -0.576. The maximum Gasteiger partial charge on any atom is 0.308 e. The largest absolute Gasteiger partial charge is 0.435 e. The smallest absolute Gasteiger partial charge is 0.308 e. The Hall–Kier alpha value is -1.22. The molecule has 6 aliphatic rings. The second kappa shape index (κ2) is 8.53. The lowest BCUT2D eigenvalue weighted by Crippen LogP contribution is -2.70. The first kappa shape index (κ1) is 22.6. The summed E-state index contributed by atoms with van der Waals surface area (Å²) in [5, 5.41) is 0. The molecule has 5 aliphatic heterocycles. The summed E-state index contributed by atoms with van der Waals surface area (Å²) < 4.78 is 18.4. The number of piperidine rings is 1. The maximum atomic E-state index is 12.6. The predicted octanol–water partition coefficient (Wildman–Crippen LogP) is 3.53. The molecule has 6 fully saturated rings. The van der Waals surface area contributed by atoms with Crippen LogP contribution in [0.25, 0.3) is 0 Å². The Kier molecular flexibility index (Phi) is 6.01. The van der Waals surface area contributed by atoms with E-state index >= 15 is 0 Å². The fraction of sp³-hybridized carbons (Fsp3) is 0.917. The summed E-state index contributed by atoms with van der Waals surface area (Å²) in [6, 6.07) is 0. The van der Waals surface area contributed by atoms with Gasteiger partial charge >= 0.3 is 5.97 Å². The molecule has 32 heavy (non-hydrogen) atoms. The average Bonchev–Trinajstić information content (AvgIpc) is 3.02. The van der Waals surface area contributed by atoms with Crippen molar-refractivity contribution >= 4 is 11.9 Å². The van der Waals surface area contributed by atoms with E-state index in [1.165, 1.54) is 6.42 Å². The van der Waals surface area contributed by atoms with Gasteiger partial charge in [-0.3, -0.25) is 9.59 Å². The van der Waals surface area contributed by atoms with E-state index in [1.54, 1.807) is 0 Å². The number of ether oxygens (including phenoxy) is 3. The molecule has 1 amide bonds. The van der Waals surface area contributed by atoms with Gasteiger partial charge in [0, 0.05) is 37.8 Å². The molecule has 0 aromatic heterocycles. The summed E-state index contributed by atoms with van der Waals surface area (Å²) in [5.74, 6) is -0.409. The minimum absolute atomic E-state index is 0.0326. The third kappa shape index (κ3) is 3.77. The molecular formula is C24H37NO7. The van der Waals surface area contributed by atoms with Crippen molar-refractivity contribution in [1.82, 2.24) is 4.90 Å². The van der Waals surface area contributed by atoms with E-state index in [1.807, 2.05) is 11.8 Å². The Bertz CT molecular complexity index is 740. The van der Waals surface area contributed by atoms with E-state index in [4.69, 9.17) is 24.0 Å². The molecule has 8 nitrogen and oxygen atoms in total. The van der Waals surface area contributed by atoms with Crippen LogP contribution in [0.1, 0.15) is 78.6 Å². The minimum atomic E-state index is -0.854. The van der Waals surface area contributed by atoms with Crippen LogP contribution in [0.2, 0.25) is 0 Å². The van der Waals surface area contributed by atoms with Crippen molar-refractivity contribution in [3.05, 3.63) is 0 Å². The van der Waals surface area contributed by atoms with Crippen LogP contribution in [-0.2, 0) is 33.6 Å². The van der Waals surface area contributed by atoms with Crippen LogP contribution in [0.5, 0.6) is 0 Å². The number of hydrogen-bond donors (Lipinski definition) is 0. The summed E-state index contributed by atoms with van der Waals surface area (Å²) in [7, 11) is 0. The van der Waals surface area contributed by atoms with Crippen LogP contribution in [0, 0.1) is 23.7 Å². The summed E-state index contributed by atoms with van der Waals surface area (Å²) in [5.41, 5.74) is -0.666. The molecule has 0 N–H and O–H groups in total. The quantitative estimate of drug-likeness (QED) is 0.478. The van der Waals surface area contributed by atoms with E-state index in [9.17, 15) is 9.59 Å². The second-order valence-electron chi connectivity index (χ2n) is 10.7. The van der Waals surface area contributed by atoms with Gasteiger partial charge in [0.1, 0.15) is 0 Å². The first-order valence-electron chi connectivity index (χ1n) is 12.5. The van der Waals surface area contributed by atoms with Crippen molar-refractivity contribution in [1.29, 1.82) is 0 Å². The molecule has 1 spiro atoms. The van der Waals surface area contributed by atoms with Crippen LogP contribution >= 0.6 is 0 Å². The number of carbonyl (C=O) groups excluding carboxylic acids is 2. The molecule has 1 saturated carbocycles. The Morgan fingerprint density at radius 1 is 1.00 bits per heavy atom. The van der Waals surface area contributed by atoms with Crippen molar-refractivity contribution in [2.45, 2.75) is 103 Å². The molecule has 2 bridgehead atoms. The molecule has 0 aromatic rings. The molecule has 0 radical (unpaired) electrons. The SMILES string of the molecule is C[C@H]1[C@H](OC(=O)CCC(=O)N2CCCCC2)O[C@@H]2O[C@@]3(C)CC[C@@H]4[C@H](C)CC[C@@H]1[C@@]24OO3. The van der Waals surface area contributed by atoms with Gasteiger partial charge in [-0.05, 0) is 57.3 Å². The summed E-state index contributed by atoms with van der Waals surface area (Å²) in [6.45, 7) is 7.79. The Labute approximate surface area is 190 Å². The number of amides is 1. The topological polar surface area (TPSA) is 83.5 Å². The normalized spacial score (nSPS) is 45.7. The van der Waals surface area contributed by atoms with Crippen LogP contribution in [-0.4, -0.2) is 53.8 Å². The van der Waals surface area contributed by atoms with E-state index in [2.05, 4.69) is 13.8 Å². The Morgan fingerprint density at radius 2 is 1.78 bits per heavy atom. The fourth-order valence-electron chi connectivity index (χ4n) is 6.71. The molecule has 5 saturated heterocycles. The van der Waals surface area contributed by atoms with Crippen molar-refractivity contribution in [2.75, 3.05) is 13.1 Å². The molecule has 1 aliphatic carbocycles. The Morgan fingerprint density at radius 3 is 2.56 bits per heavy atom. The van der Waals surface area contributed by atoms with E-state index in [0.29, 0.717) is 5.92 Å². The molecule has 0 unspecified atom stereocenters. The lowest BCUT2D eigenvalue weighted by Gasteiger charge is -2.59. The number of esters is 1. The van der Waals surface area contributed by atoms with Crippen LogP contribution in [0.3, 0.4) is 0 Å². The first-order valence-corrected chi connectivity index (χ1v) is 12.5. The summed E-state index contributed by atoms with van der Waals surface area (Å²) in [4.78, 5) is 38.9. The number of nitrogens with zero attached hydrogens (tertiary/aromatic N) is 1. The van der Waals surface area contributed by atoms with E-state index in [0.717, 1.165) is 51.6 Å². The van der Waals surface area contributed by atoms with Crippen molar-refractivity contribution < 1.29 is 33.6 Å². The Balaban J connectivity index is 1.26. The average molecular weight is 452 g/mol. The zero-order valence-corrected chi connectivity index (χ0v) is 19.5. The molecule has 8 heteroatoms. The number of carbonyl (C=O) groups is 2. The van der Waals surface area contributed by atoms with Gasteiger partial charge in [0.05, 0.1) is 6.42 Å². The first-order chi connectivity index (χ1) is 15.3. The van der Waals surface area contributed by atoms with Gasteiger partial charge in [0.15, 0.2) is 11.9 Å². The predicted molar refractivity (Wildman–Crippen MR) is 113 cm³/mol. The van der Waals surface area contributed by atoms with Gasteiger partial charge in [-0.1, -0.05) is 13.8 Å². The fourth-order valence-corrected chi connectivity index (χ4v) is 6.71. The second-order valence-corrected chi connectivity index (χ2v) is 10.7. The molecule has 5 heterocycles. The highest BCUT2D eigenvalue weighted by Gasteiger charge is 2.69. The molecule has 0 aromatic carbocycles. The summed E-state index contributed by atoms with van der Waals surface area (Å²) >= 11 is 0. The zero-order valence-electron chi connectivity index (χ0n) is 19.5. The molecule has 8 atom stereocenters. The van der Waals surface area contributed by atoms with Crippen molar-refractivity contribution in [2.24, 2.45) is 23.7 Å². The number of hydrogen-bond acceptors (Lipinski definition) is 7. The van der Waals surface area contributed by atoms with Gasteiger partial charge in [-0.2, -0.15) is 0 Å². The number of fused-ring (bicyclic) bond motifs is 2. The third-order valence-electron chi connectivity index (χ3n) is 8.60. The van der Waals surface area contributed by atoms with Crippen molar-refractivity contribution in [3.8, 4) is 0 Å². The van der Waals surface area contributed by atoms with Crippen molar-refractivity contribution in [3.63, 3.8) is 0 Å². The third-order valence-corrected chi connectivity index (χ3v) is 8.60. The van der Waals surface area contributed by atoms with Gasteiger partial charge in [0.25, 0.3) is 0 Å². The van der Waals surface area contributed by atoms with Crippen LogP contribution in [0.15, 0.2) is 0 Å². The summed E-state index contributed by atoms with van der Waals surface area (Å²) in [6.07, 6.45) is 5.90. The monoisotopic (exact) mass is 451 g/mol. The highest BCUT2D eigenvalue weighted by atomic mass is 17.3. The molecular weight excluding hydrogens is 414 g/mol. The van der Waals surface area contributed by atoms with Gasteiger partial charge in [0.2, 0.25) is 18.0 Å². The van der Waals surface area contributed by atoms with Crippen LogP contribution < -0.4 is 0 Å². The van der Waals surface area contributed by atoms with Gasteiger partial charge < -0.3 is 19.1 Å². The van der Waals surface area contributed by atoms with Crippen LogP contribution in [0.4, 0.5) is 0 Å². The standard InChI is InChI=1S/C24H37NO7/c1-15-7-8-18-16(2)21(28-20(27)10-9-19(26)25-13-5-4-6-14-25)29-22-24(18)17(15)11-12-23(3,30-22)31-32-24/h15-18,21-22H,4-14H2,1-3H3/t15-,16-,17-,18+,21-,22-,23-,24-/m1/s1. The highest BCUT2D eigenvalue weighted by Crippen LogP contribution is 2.60. The number of rotatable bonds is 4. The van der Waals surface area contributed by atoms with Gasteiger partial charge in [-0.15, -0.1) is 0 Å². The maximum absolute atomic E-state index is 12.6. The minimum Gasteiger partial charge on any atom is -0.435 e. The molecule has 6 rings (SSSR count). The lowest BCUT2D eigenvalue weighted by atomic mass is 9.58. The van der Waals surface area contributed by atoms with E-state index in [-0.39, 0.29) is 36.5 Å². The molecule has 180 valence electrons. The number of likely N-dealkylation sites (tertiary alicyclic amines) is 1.